The first-order valence-corrected chi connectivity index (χ1v) is 5.74. The summed E-state index contributed by atoms with van der Waals surface area (Å²) >= 11 is 0. The van der Waals surface area contributed by atoms with Crippen LogP contribution in [0.25, 0.3) is 0 Å². The maximum absolute atomic E-state index is 11.7. The fourth-order valence-electron chi connectivity index (χ4n) is 2.57. The molecule has 3 unspecified atom stereocenters. The van der Waals surface area contributed by atoms with Crippen LogP contribution in [0.15, 0.2) is 0 Å². The Hall–Kier alpha value is -0.610. The zero-order chi connectivity index (χ0) is 10.8. The van der Waals surface area contributed by atoms with Crippen LogP contribution in [0, 0.1) is 0 Å². The highest BCUT2D eigenvalue weighted by molar-refractivity contribution is 5.83. The molecular weight excluding hydrogens is 192 g/mol. The smallest absolute Gasteiger partial charge is 0.239 e. The fourth-order valence-corrected chi connectivity index (χ4v) is 2.57. The van der Waals surface area contributed by atoms with Crippen LogP contribution in [0.1, 0.15) is 25.7 Å². The largest absolute Gasteiger partial charge is 0.381 e. The Labute approximate surface area is 91.0 Å². The fraction of sp³-hybridized carbons (Fsp3) is 0.909. The molecule has 3 atom stereocenters. The second kappa shape index (κ2) is 4.49. The van der Waals surface area contributed by atoms with E-state index in [2.05, 4.69) is 5.32 Å². The first-order chi connectivity index (χ1) is 7.20. The van der Waals surface area contributed by atoms with E-state index in [1.54, 1.807) is 12.0 Å². The molecule has 0 aromatic heterocycles. The van der Waals surface area contributed by atoms with Gasteiger partial charge < -0.3 is 15.0 Å². The van der Waals surface area contributed by atoms with Gasteiger partial charge in [0.05, 0.1) is 12.1 Å². The zero-order valence-electron chi connectivity index (χ0n) is 9.53. The molecule has 0 bridgehead atoms. The van der Waals surface area contributed by atoms with Crippen molar-refractivity contribution in [1.29, 1.82) is 0 Å². The number of hydrogen-bond donors (Lipinski definition) is 1. The topological polar surface area (TPSA) is 41.6 Å². The summed E-state index contributed by atoms with van der Waals surface area (Å²) in [7, 11) is 3.64. The zero-order valence-corrected chi connectivity index (χ0v) is 9.53. The van der Waals surface area contributed by atoms with E-state index in [1.165, 1.54) is 0 Å². The number of amides is 1. The SMILES string of the molecule is COC1CCC(NC2CCN(C)C2=O)C1. The van der Waals surface area contributed by atoms with Gasteiger partial charge in [0.25, 0.3) is 0 Å². The number of likely N-dealkylation sites (tertiary alicyclic amines) is 1. The van der Waals surface area contributed by atoms with E-state index in [0.717, 1.165) is 32.2 Å². The lowest BCUT2D eigenvalue weighted by Crippen LogP contribution is -2.42. The van der Waals surface area contributed by atoms with Crippen molar-refractivity contribution in [2.75, 3.05) is 20.7 Å². The molecule has 2 aliphatic rings. The summed E-state index contributed by atoms with van der Waals surface area (Å²) in [6.45, 7) is 0.886. The molecule has 15 heavy (non-hydrogen) atoms. The van der Waals surface area contributed by atoms with Crippen molar-refractivity contribution < 1.29 is 9.53 Å². The molecule has 86 valence electrons. The van der Waals surface area contributed by atoms with E-state index in [0.29, 0.717) is 12.1 Å². The van der Waals surface area contributed by atoms with E-state index in [9.17, 15) is 4.79 Å². The summed E-state index contributed by atoms with van der Waals surface area (Å²) < 4.78 is 5.32. The summed E-state index contributed by atoms with van der Waals surface area (Å²) in [5.41, 5.74) is 0. The summed E-state index contributed by atoms with van der Waals surface area (Å²) in [6, 6.07) is 0.519. The van der Waals surface area contributed by atoms with Crippen molar-refractivity contribution in [3.05, 3.63) is 0 Å². The molecule has 1 aliphatic heterocycles. The van der Waals surface area contributed by atoms with Gasteiger partial charge in [-0.3, -0.25) is 4.79 Å². The number of carbonyl (C=O) groups excluding carboxylic acids is 1. The summed E-state index contributed by atoms with van der Waals surface area (Å²) in [6.07, 6.45) is 4.63. The van der Waals surface area contributed by atoms with E-state index in [-0.39, 0.29) is 11.9 Å². The highest BCUT2D eigenvalue weighted by Gasteiger charge is 2.33. The molecule has 0 radical (unpaired) electrons. The maximum atomic E-state index is 11.7. The van der Waals surface area contributed by atoms with Gasteiger partial charge in [0.15, 0.2) is 0 Å². The predicted octanol–water partition coefficient (Wildman–Crippen LogP) is 0.374. The molecule has 0 spiro atoms. The third-order valence-corrected chi connectivity index (χ3v) is 3.58. The van der Waals surface area contributed by atoms with Crippen LogP contribution in [-0.2, 0) is 9.53 Å². The predicted molar refractivity (Wildman–Crippen MR) is 57.6 cm³/mol. The van der Waals surface area contributed by atoms with Gasteiger partial charge in [-0.2, -0.15) is 0 Å². The Morgan fingerprint density at radius 3 is 2.73 bits per heavy atom. The van der Waals surface area contributed by atoms with Gasteiger partial charge in [-0.15, -0.1) is 0 Å². The average Bonchev–Trinajstić information content (AvgIpc) is 2.80. The Bertz CT molecular complexity index is 245. The molecule has 1 saturated heterocycles. The van der Waals surface area contributed by atoms with Gasteiger partial charge in [0.2, 0.25) is 5.91 Å². The molecule has 2 fully saturated rings. The molecule has 1 amide bonds. The minimum absolute atomic E-state index is 0.0515. The number of hydrogen-bond acceptors (Lipinski definition) is 3. The highest BCUT2D eigenvalue weighted by atomic mass is 16.5. The van der Waals surface area contributed by atoms with Crippen molar-refractivity contribution in [3.8, 4) is 0 Å². The number of carbonyl (C=O) groups is 1. The first-order valence-electron chi connectivity index (χ1n) is 5.74. The second-order valence-corrected chi connectivity index (χ2v) is 4.64. The molecule has 4 nitrogen and oxygen atoms in total. The Morgan fingerprint density at radius 1 is 1.40 bits per heavy atom. The van der Waals surface area contributed by atoms with Crippen LogP contribution >= 0.6 is 0 Å². The molecule has 1 heterocycles. The minimum Gasteiger partial charge on any atom is -0.381 e. The highest BCUT2D eigenvalue weighted by Crippen LogP contribution is 2.23. The first kappa shape index (κ1) is 10.9. The van der Waals surface area contributed by atoms with Crippen LogP contribution in [0.2, 0.25) is 0 Å². The number of likely N-dealkylation sites (N-methyl/N-ethyl adjacent to an activating group) is 1. The lowest BCUT2D eigenvalue weighted by molar-refractivity contribution is -0.128. The maximum Gasteiger partial charge on any atom is 0.239 e. The van der Waals surface area contributed by atoms with E-state index >= 15 is 0 Å². The van der Waals surface area contributed by atoms with E-state index < -0.39 is 0 Å². The van der Waals surface area contributed by atoms with Crippen molar-refractivity contribution in [1.82, 2.24) is 10.2 Å². The lowest BCUT2D eigenvalue weighted by Gasteiger charge is -2.17. The molecule has 2 rings (SSSR count). The van der Waals surface area contributed by atoms with Crippen LogP contribution in [0.5, 0.6) is 0 Å². The van der Waals surface area contributed by atoms with Gasteiger partial charge in [-0.05, 0) is 25.7 Å². The number of ether oxygens (including phenoxy) is 1. The molecule has 1 N–H and O–H groups in total. The summed E-state index contributed by atoms with van der Waals surface area (Å²) in [5, 5.41) is 3.45. The van der Waals surface area contributed by atoms with Gasteiger partial charge in [-0.25, -0.2) is 0 Å². The van der Waals surface area contributed by atoms with Crippen LogP contribution < -0.4 is 5.32 Å². The Balaban J connectivity index is 1.81. The van der Waals surface area contributed by atoms with Crippen LogP contribution in [0.3, 0.4) is 0 Å². The average molecular weight is 212 g/mol. The molecule has 1 aliphatic carbocycles. The van der Waals surface area contributed by atoms with Crippen molar-refractivity contribution in [2.24, 2.45) is 0 Å². The Kier molecular flexibility index (Phi) is 3.26. The van der Waals surface area contributed by atoms with Gasteiger partial charge in [-0.1, -0.05) is 0 Å². The minimum atomic E-state index is 0.0515. The summed E-state index contributed by atoms with van der Waals surface area (Å²) in [4.78, 5) is 13.5. The van der Waals surface area contributed by atoms with Gasteiger partial charge >= 0.3 is 0 Å². The number of rotatable bonds is 3. The standard InChI is InChI=1S/C11H20N2O2/c1-13-6-5-10(11(13)14)12-8-3-4-9(7-8)15-2/h8-10,12H,3-7H2,1-2H3. The van der Waals surface area contributed by atoms with Crippen molar-refractivity contribution in [2.45, 2.75) is 43.9 Å². The lowest BCUT2D eigenvalue weighted by atomic mass is 10.2. The van der Waals surface area contributed by atoms with E-state index in [1.807, 2.05) is 7.05 Å². The monoisotopic (exact) mass is 212 g/mol. The molecular formula is C11H20N2O2. The van der Waals surface area contributed by atoms with Crippen molar-refractivity contribution in [3.63, 3.8) is 0 Å². The normalized spacial score (nSPS) is 36.5. The molecule has 0 aromatic carbocycles. The Morgan fingerprint density at radius 2 is 2.20 bits per heavy atom. The third-order valence-electron chi connectivity index (χ3n) is 3.58. The van der Waals surface area contributed by atoms with Crippen molar-refractivity contribution >= 4 is 5.91 Å². The molecule has 4 heteroatoms. The molecule has 1 saturated carbocycles. The van der Waals surface area contributed by atoms with E-state index in [4.69, 9.17) is 4.74 Å². The van der Waals surface area contributed by atoms with Crippen LogP contribution in [-0.4, -0.2) is 49.7 Å². The number of nitrogens with one attached hydrogen (secondary N) is 1. The number of methoxy groups -OCH3 is 1. The summed E-state index contributed by atoms with van der Waals surface area (Å²) in [5.74, 6) is 0.246. The van der Waals surface area contributed by atoms with Gasteiger partial charge in [0, 0.05) is 26.7 Å². The second-order valence-electron chi connectivity index (χ2n) is 4.64. The third kappa shape index (κ3) is 2.32. The van der Waals surface area contributed by atoms with Crippen LogP contribution in [0.4, 0.5) is 0 Å². The number of nitrogens with zero attached hydrogens (tertiary/aromatic N) is 1. The quantitative estimate of drug-likeness (QED) is 0.735. The van der Waals surface area contributed by atoms with Gasteiger partial charge in [0.1, 0.15) is 0 Å². The molecule has 0 aromatic rings.